The van der Waals surface area contributed by atoms with E-state index >= 15 is 0 Å². The minimum absolute atomic E-state index is 0.0621. The number of ketones is 1. The third-order valence-electron chi connectivity index (χ3n) is 6.06. The van der Waals surface area contributed by atoms with Crippen LogP contribution in [0.5, 0.6) is 0 Å². The van der Waals surface area contributed by atoms with Crippen LogP contribution in [0.15, 0.2) is 94.4 Å². The predicted molar refractivity (Wildman–Crippen MR) is 122 cm³/mol. The first kappa shape index (κ1) is 18.4. The number of halogens is 1. The molecule has 2 aliphatic heterocycles. The van der Waals surface area contributed by atoms with Crippen molar-refractivity contribution < 1.29 is 8.80 Å². The van der Waals surface area contributed by atoms with Crippen molar-refractivity contribution in [1.82, 2.24) is 4.98 Å². The van der Waals surface area contributed by atoms with Gasteiger partial charge in [0, 0.05) is 29.7 Å². The molecule has 6 rings (SSSR count). The molecule has 0 N–H and O–H groups in total. The van der Waals surface area contributed by atoms with Gasteiger partial charge >= 0.3 is 0 Å². The molecular weight excluding hydrogens is 408 g/mol. The fourth-order valence-electron chi connectivity index (χ4n) is 4.33. The molecule has 6 heteroatoms. The molecule has 3 aromatic rings. The summed E-state index contributed by atoms with van der Waals surface area (Å²) in [6, 6.07) is 20.4. The number of aromatic nitrogens is 1. The van der Waals surface area contributed by atoms with Gasteiger partial charge in [-0.25, -0.2) is 4.98 Å². The lowest BCUT2D eigenvalue weighted by Crippen LogP contribution is -2.38. The van der Waals surface area contributed by atoms with Gasteiger partial charge in [0.15, 0.2) is 11.8 Å². The van der Waals surface area contributed by atoms with Gasteiger partial charge in [0.2, 0.25) is 5.70 Å². The Hall–Kier alpha value is -3.41. The van der Waals surface area contributed by atoms with E-state index in [2.05, 4.69) is 23.2 Å². The number of allylic oxidation sites excluding steroid dienone is 2. The maximum absolute atomic E-state index is 11.6. The molecule has 2 aromatic carbocycles. The van der Waals surface area contributed by atoms with E-state index in [-0.39, 0.29) is 15.7 Å². The van der Waals surface area contributed by atoms with E-state index in [0.29, 0.717) is 18.7 Å². The van der Waals surface area contributed by atoms with E-state index in [0.717, 1.165) is 39.1 Å². The first-order chi connectivity index (χ1) is 15.1. The molecule has 0 amide bonds. The summed E-state index contributed by atoms with van der Waals surface area (Å²) >= 11 is 7.07. The zero-order valence-electron chi connectivity index (χ0n) is 16.6. The highest BCUT2D eigenvalue weighted by Crippen LogP contribution is 2.44. The molecule has 1 saturated carbocycles. The van der Waals surface area contributed by atoms with Crippen LogP contribution in [-0.2, 0) is 4.79 Å². The smallest absolute Gasteiger partial charge is 0.263 e. The van der Waals surface area contributed by atoms with Gasteiger partial charge in [0.25, 0.3) is 5.84 Å². The zero-order valence-corrected chi connectivity index (χ0v) is 17.3. The van der Waals surface area contributed by atoms with Crippen molar-refractivity contribution in [2.75, 3.05) is 0 Å². The summed E-state index contributed by atoms with van der Waals surface area (Å²) in [5.74, 6) is 1.08. The van der Waals surface area contributed by atoms with Crippen LogP contribution in [0.3, 0.4) is 0 Å². The molecule has 3 heterocycles. The van der Waals surface area contributed by atoms with Gasteiger partial charge in [-0.3, -0.25) is 9.79 Å². The van der Waals surface area contributed by atoms with Crippen molar-refractivity contribution >= 4 is 40.5 Å². The molecule has 31 heavy (non-hydrogen) atoms. The molecule has 1 atom stereocenters. The van der Waals surface area contributed by atoms with Crippen molar-refractivity contribution in [3.63, 3.8) is 0 Å². The Kier molecular flexibility index (Phi) is 4.03. The molecule has 5 nitrogen and oxygen atoms in total. The largest absolute Gasteiger partial charge is 0.300 e. The second kappa shape index (κ2) is 6.80. The van der Waals surface area contributed by atoms with E-state index in [1.54, 1.807) is 12.4 Å². The van der Waals surface area contributed by atoms with Gasteiger partial charge in [-0.2, -0.15) is 4.99 Å². The number of Topliss-reactive ketones (excluding diaryl/α,β-unsaturated/α-hetero) is 1. The number of benzene rings is 2. The monoisotopic (exact) mass is 425 g/mol. The molecule has 150 valence electrons. The molecule has 1 unspecified atom stereocenters. The Morgan fingerprint density at radius 3 is 2.58 bits per heavy atom. The SMILES string of the molecule is O=C1CC(C2=C3C=NC=C[N+]3(Cl)C(c3ccc4ccc(-c5ccccc5)nc4c3)=N2)C1. The summed E-state index contributed by atoms with van der Waals surface area (Å²) in [6.45, 7) is 0. The standard InChI is InChI=1S/C25H18ClN4O/c26-30-11-10-27-15-23(30)24(19-12-20(31)13-19)29-25(30)18-7-6-17-8-9-21(28-22(17)14-18)16-4-2-1-3-5-16/h1-11,14-15,19H,12-13H2/q+1. The van der Waals surface area contributed by atoms with Crippen LogP contribution in [0.1, 0.15) is 18.4 Å². The Bertz CT molecular complexity index is 1360. The average Bonchev–Trinajstić information content (AvgIpc) is 3.09. The number of hydrogen-bond acceptors (Lipinski definition) is 4. The Morgan fingerprint density at radius 1 is 0.968 bits per heavy atom. The maximum atomic E-state index is 11.6. The minimum atomic E-state index is -0.0621. The summed E-state index contributed by atoms with van der Waals surface area (Å²) in [5, 5.41) is 1.05. The van der Waals surface area contributed by atoms with Crippen molar-refractivity contribution in [2.24, 2.45) is 15.9 Å². The van der Waals surface area contributed by atoms with Crippen molar-refractivity contribution in [3.05, 3.63) is 90.0 Å². The Labute approximate surface area is 184 Å². The van der Waals surface area contributed by atoms with E-state index in [9.17, 15) is 4.79 Å². The molecule has 1 fully saturated rings. The molecule has 0 spiro atoms. The van der Waals surface area contributed by atoms with Crippen molar-refractivity contribution in [2.45, 2.75) is 12.8 Å². The van der Waals surface area contributed by atoms with Gasteiger partial charge < -0.3 is 0 Å². The molecular formula is C25H18ClN4O+. The molecule has 1 aliphatic carbocycles. The molecule has 0 saturated heterocycles. The third kappa shape index (κ3) is 2.89. The van der Waals surface area contributed by atoms with Crippen LogP contribution < -0.4 is 0 Å². The summed E-state index contributed by atoms with van der Waals surface area (Å²) in [4.78, 5) is 25.7. The molecule has 0 radical (unpaired) electrons. The quantitative estimate of drug-likeness (QED) is 0.529. The number of fused-ring (bicyclic) bond motifs is 2. The first-order valence-corrected chi connectivity index (χ1v) is 10.6. The Morgan fingerprint density at radius 2 is 1.77 bits per heavy atom. The predicted octanol–water partition coefficient (Wildman–Crippen LogP) is 5.38. The lowest BCUT2D eigenvalue weighted by Gasteiger charge is -2.25. The number of pyridine rings is 1. The van der Waals surface area contributed by atoms with Gasteiger partial charge in [-0.1, -0.05) is 42.5 Å². The molecule has 0 bridgehead atoms. The van der Waals surface area contributed by atoms with E-state index in [1.165, 1.54) is 0 Å². The lowest BCUT2D eigenvalue weighted by atomic mass is 9.81. The summed E-state index contributed by atoms with van der Waals surface area (Å²) in [6.07, 6.45) is 6.30. The van der Waals surface area contributed by atoms with Crippen LogP contribution in [0.25, 0.3) is 22.2 Å². The maximum Gasteiger partial charge on any atom is 0.263 e. The second-order valence-electron chi connectivity index (χ2n) is 8.03. The lowest BCUT2D eigenvalue weighted by molar-refractivity contribution is -0.600. The van der Waals surface area contributed by atoms with Crippen LogP contribution in [-0.4, -0.2) is 26.8 Å². The summed E-state index contributed by atoms with van der Waals surface area (Å²) in [5.41, 5.74) is 5.47. The van der Waals surface area contributed by atoms with Gasteiger partial charge in [-0.15, -0.1) is 4.00 Å². The number of carbonyl (C=O) groups excluding carboxylic acids is 1. The van der Waals surface area contributed by atoms with Crippen molar-refractivity contribution in [3.8, 4) is 11.3 Å². The van der Waals surface area contributed by atoms with E-state index < -0.39 is 0 Å². The van der Waals surface area contributed by atoms with Crippen LogP contribution in [0.4, 0.5) is 0 Å². The number of aliphatic imine (C=N–C) groups is 2. The third-order valence-corrected chi connectivity index (χ3v) is 6.51. The zero-order chi connectivity index (χ0) is 21.0. The fraction of sp³-hybridized carbons (Fsp3) is 0.120. The van der Waals surface area contributed by atoms with Crippen LogP contribution in [0.2, 0.25) is 0 Å². The number of hydrogen-bond donors (Lipinski definition) is 0. The van der Waals surface area contributed by atoms with Gasteiger partial charge in [0.1, 0.15) is 17.7 Å². The highest BCUT2D eigenvalue weighted by Gasteiger charge is 2.49. The van der Waals surface area contributed by atoms with Crippen LogP contribution >= 0.6 is 11.8 Å². The van der Waals surface area contributed by atoms with Crippen LogP contribution in [0, 0.1) is 5.92 Å². The number of quaternary nitrogens is 1. The summed E-state index contributed by atoms with van der Waals surface area (Å²) < 4.78 is -0.0621. The first-order valence-electron chi connectivity index (χ1n) is 10.2. The topological polar surface area (TPSA) is 54.7 Å². The second-order valence-corrected chi connectivity index (χ2v) is 8.57. The average molecular weight is 426 g/mol. The van der Waals surface area contributed by atoms with Gasteiger partial charge in [0.05, 0.1) is 29.2 Å². The number of nitrogens with zero attached hydrogens (tertiary/aromatic N) is 4. The Balaban J connectivity index is 1.45. The van der Waals surface area contributed by atoms with E-state index in [1.807, 2.05) is 48.7 Å². The normalized spacial score (nSPS) is 22.6. The van der Waals surface area contributed by atoms with Gasteiger partial charge in [-0.05, 0) is 18.2 Å². The number of carbonyl (C=O) groups is 1. The highest BCUT2D eigenvalue weighted by molar-refractivity contribution is 6.20. The highest BCUT2D eigenvalue weighted by atomic mass is 35.5. The molecule has 3 aliphatic rings. The number of amidine groups is 1. The minimum Gasteiger partial charge on any atom is -0.300 e. The fourth-order valence-corrected chi connectivity index (χ4v) is 4.65. The number of rotatable bonds is 3. The summed E-state index contributed by atoms with van der Waals surface area (Å²) in [7, 11) is 0. The van der Waals surface area contributed by atoms with E-state index in [4.69, 9.17) is 21.8 Å². The van der Waals surface area contributed by atoms with Crippen molar-refractivity contribution in [1.29, 1.82) is 0 Å². The molecule has 1 aromatic heterocycles.